The van der Waals surface area contributed by atoms with Crippen molar-refractivity contribution in [3.05, 3.63) is 65.2 Å². The molecule has 25 heavy (non-hydrogen) atoms. The molecule has 1 aromatic carbocycles. The Morgan fingerprint density at radius 2 is 2.08 bits per heavy atom. The number of hydrogen-bond acceptors (Lipinski definition) is 4. The van der Waals surface area contributed by atoms with Crippen LogP contribution in [0.3, 0.4) is 0 Å². The second-order valence-corrected chi connectivity index (χ2v) is 6.24. The topological polar surface area (TPSA) is 91.0 Å². The summed E-state index contributed by atoms with van der Waals surface area (Å²) in [6.07, 6.45) is 6.06. The first-order valence-electron chi connectivity index (χ1n) is 8.30. The van der Waals surface area contributed by atoms with E-state index in [-0.39, 0.29) is 16.9 Å². The molecule has 0 aromatic heterocycles. The highest BCUT2D eigenvalue weighted by molar-refractivity contribution is 6.28. The van der Waals surface area contributed by atoms with Crippen LogP contribution in [0, 0.1) is 5.41 Å². The van der Waals surface area contributed by atoms with Crippen molar-refractivity contribution in [1.29, 1.82) is 5.41 Å². The summed E-state index contributed by atoms with van der Waals surface area (Å²) in [5, 5.41) is 14.4. The smallest absolute Gasteiger partial charge is 0.250 e. The van der Waals surface area contributed by atoms with Crippen molar-refractivity contribution >= 4 is 17.3 Å². The lowest BCUT2D eigenvalue weighted by Gasteiger charge is -2.23. The van der Waals surface area contributed by atoms with E-state index in [1.807, 2.05) is 12.1 Å². The van der Waals surface area contributed by atoms with Gasteiger partial charge < -0.3 is 16.4 Å². The zero-order valence-electron chi connectivity index (χ0n) is 13.8. The summed E-state index contributed by atoms with van der Waals surface area (Å²) in [6.45, 7) is 2.09. The summed E-state index contributed by atoms with van der Waals surface area (Å²) in [6, 6.07) is 8.07. The molecule has 0 radical (unpaired) electrons. The molecular weight excluding hydrogens is 319 g/mol. The molecule has 1 aromatic rings. The van der Waals surface area contributed by atoms with Crippen LogP contribution >= 0.6 is 0 Å². The quantitative estimate of drug-likeness (QED) is 0.679. The first kappa shape index (κ1) is 17.1. The molecule has 0 bridgehead atoms. The third kappa shape index (κ3) is 4.03. The van der Waals surface area contributed by atoms with Crippen molar-refractivity contribution in [2.45, 2.75) is 18.8 Å². The highest BCUT2D eigenvalue weighted by atomic mass is 19.1. The van der Waals surface area contributed by atoms with Crippen molar-refractivity contribution in [2.75, 3.05) is 18.4 Å². The van der Waals surface area contributed by atoms with Gasteiger partial charge in [0.1, 0.15) is 5.83 Å². The van der Waals surface area contributed by atoms with Gasteiger partial charge in [0.05, 0.1) is 11.3 Å². The Kier molecular flexibility index (Phi) is 5.09. The van der Waals surface area contributed by atoms with Crippen LogP contribution in [0.1, 0.15) is 24.3 Å². The molecular formula is C19H21FN4O. The fourth-order valence-electron chi connectivity index (χ4n) is 3.09. The molecule has 0 spiro atoms. The van der Waals surface area contributed by atoms with Crippen LogP contribution in [0.15, 0.2) is 59.6 Å². The van der Waals surface area contributed by atoms with Crippen molar-refractivity contribution in [1.82, 2.24) is 5.32 Å². The molecule has 130 valence electrons. The lowest BCUT2D eigenvalue weighted by Crippen LogP contribution is -2.28. The Balaban J connectivity index is 1.70. The van der Waals surface area contributed by atoms with Gasteiger partial charge in [0.2, 0.25) is 0 Å². The average molecular weight is 340 g/mol. The average Bonchev–Trinajstić information content (AvgIpc) is 2.63. The lowest BCUT2D eigenvalue weighted by molar-refractivity contribution is -0.114. The highest BCUT2D eigenvalue weighted by Crippen LogP contribution is 2.25. The minimum absolute atomic E-state index is 0.0914. The zero-order chi connectivity index (χ0) is 17.8. The minimum Gasteiger partial charge on any atom is -0.366 e. The highest BCUT2D eigenvalue weighted by Gasteiger charge is 2.20. The fraction of sp³-hybridized carbons (Fsp3) is 0.263. The van der Waals surface area contributed by atoms with Crippen LogP contribution in [0.5, 0.6) is 0 Å². The van der Waals surface area contributed by atoms with Crippen LogP contribution in [0.25, 0.3) is 0 Å². The van der Waals surface area contributed by atoms with Gasteiger partial charge in [-0.15, -0.1) is 0 Å². The van der Waals surface area contributed by atoms with E-state index in [0.717, 1.165) is 24.9 Å². The summed E-state index contributed by atoms with van der Waals surface area (Å²) in [5.41, 5.74) is 7.35. The molecule has 5 nitrogen and oxygen atoms in total. The van der Waals surface area contributed by atoms with Gasteiger partial charge in [0.25, 0.3) is 5.91 Å². The van der Waals surface area contributed by atoms with Crippen molar-refractivity contribution in [3.63, 3.8) is 0 Å². The summed E-state index contributed by atoms with van der Waals surface area (Å²) in [5.74, 6) is -0.879. The van der Waals surface area contributed by atoms with E-state index in [1.54, 1.807) is 0 Å². The number of halogens is 1. The Bertz CT molecular complexity index is 771. The summed E-state index contributed by atoms with van der Waals surface area (Å²) >= 11 is 0. The van der Waals surface area contributed by atoms with Crippen LogP contribution < -0.4 is 16.4 Å². The molecule has 1 saturated heterocycles. The molecule has 1 fully saturated rings. The van der Waals surface area contributed by atoms with Gasteiger partial charge in [-0.1, -0.05) is 12.1 Å². The predicted molar refractivity (Wildman–Crippen MR) is 97.2 cm³/mol. The van der Waals surface area contributed by atoms with E-state index in [4.69, 9.17) is 11.1 Å². The van der Waals surface area contributed by atoms with E-state index >= 15 is 0 Å². The molecule has 5 N–H and O–H groups in total. The number of benzene rings is 1. The molecule has 1 unspecified atom stereocenters. The number of nitrogens with two attached hydrogens (primary N) is 1. The number of allylic oxidation sites excluding steroid dienone is 4. The predicted octanol–water partition coefficient (Wildman–Crippen LogP) is 2.75. The summed E-state index contributed by atoms with van der Waals surface area (Å²) < 4.78 is 13.6. The van der Waals surface area contributed by atoms with Crippen LogP contribution in [-0.4, -0.2) is 24.7 Å². The largest absolute Gasteiger partial charge is 0.366 e. The number of nitrogens with one attached hydrogen (secondary N) is 3. The van der Waals surface area contributed by atoms with E-state index in [1.165, 1.54) is 30.7 Å². The van der Waals surface area contributed by atoms with Gasteiger partial charge in [-0.2, -0.15) is 0 Å². The van der Waals surface area contributed by atoms with Crippen LogP contribution in [0.2, 0.25) is 0 Å². The minimum atomic E-state index is -0.815. The Morgan fingerprint density at radius 3 is 2.72 bits per heavy atom. The Morgan fingerprint density at radius 1 is 1.32 bits per heavy atom. The standard InChI is InChI=1S/C19H21FN4O/c20-15-8-14(18(21)17(9-15)19(22)25)11-24-16-5-3-12(4-6-16)13-2-1-7-23-10-13/h3-6,8-9,11,13,21,23-24H,1-2,7,10H2,(H2,22,25)/b14-11-,21-18?. The number of hydrogen-bond donors (Lipinski definition) is 4. The number of amides is 1. The third-order valence-electron chi connectivity index (χ3n) is 4.47. The number of carbonyl (C=O) groups is 1. The molecule has 6 heteroatoms. The Labute approximate surface area is 146 Å². The maximum atomic E-state index is 13.6. The second-order valence-electron chi connectivity index (χ2n) is 6.24. The third-order valence-corrected chi connectivity index (χ3v) is 4.47. The SMILES string of the molecule is N=C1C(C(N)=O)=CC(F)=C/C1=C/Nc1ccc(C2CCCNC2)cc1. The zero-order valence-corrected chi connectivity index (χ0v) is 13.8. The first-order valence-corrected chi connectivity index (χ1v) is 8.30. The number of carbonyl (C=O) groups excluding carboxylic acids is 1. The molecule has 1 aliphatic carbocycles. The van der Waals surface area contributed by atoms with Crippen molar-refractivity contribution < 1.29 is 9.18 Å². The fourth-order valence-corrected chi connectivity index (χ4v) is 3.09. The summed E-state index contributed by atoms with van der Waals surface area (Å²) in [7, 11) is 0. The van der Waals surface area contributed by atoms with Crippen molar-refractivity contribution in [3.8, 4) is 0 Å². The van der Waals surface area contributed by atoms with Gasteiger partial charge in [-0.25, -0.2) is 4.39 Å². The van der Waals surface area contributed by atoms with Gasteiger partial charge in [-0.3, -0.25) is 10.2 Å². The molecule has 1 amide bonds. The molecule has 3 rings (SSSR count). The number of rotatable bonds is 4. The van der Waals surface area contributed by atoms with E-state index in [9.17, 15) is 9.18 Å². The van der Waals surface area contributed by atoms with Gasteiger partial charge in [-0.05, 0) is 55.2 Å². The van der Waals surface area contributed by atoms with Crippen LogP contribution in [0.4, 0.5) is 10.1 Å². The second kappa shape index (κ2) is 7.44. The number of anilines is 1. The molecule has 0 saturated carbocycles. The van der Waals surface area contributed by atoms with Crippen molar-refractivity contribution in [2.24, 2.45) is 5.73 Å². The summed E-state index contributed by atoms with van der Waals surface area (Å²) in [4.78, 5) is 11.3. The normalized spacial score (nSPS) is 22.4. The van der Waals surface area contributed by atoms with Crippen LogP contribution in [-0.2, 0) is 4.79 Å². The van der Waals surface area contributed by atoms with Gasteiger partial charge in [0.15, 0.2) is 0 Å². The maximum absolute atomic E-state index is 13.6. The maximum Gasteiger partial charge on any atom is 0.250 e. The number of piperidine rings is 1. The first-order chi connectivity index (χ1) is 12.0. The van der Waals surface area contributed by atoms with E-state index in [2.05, 4.69) is 22.8 Å². The van der Waals surface area contributed by atoms with Gasteiger partial charge in [0, 0.05) is 24.0 Å². The van der Waals surface area contributed by atoms with E-state index in [0.29, 0.717) is 5.92 Å². The van der Waals surface area contributed by atoms with Gasteiger partial charge >= 0.3 is 0 Å². The molecule has 1 heterocycles. The molecule has 1 aliphatic heterocycles. The van der Waals surface area contributed by atoms with E-state index < -0.39 is 11.7 Å². The lowest BCUT2D eigenvalue weighted by atomic mass is 9.91. The monoisotopic (exact) mass is 340 g/mol. The number of primary amides is 1. The Hall–Kier alpha value is -2.73. The molecule has 1 atom stereocenters. The molecule has 2 aliphatic rings.